The molecule has 0 aliphatic rings. The second-order valence-corrected chi connectivity index (χ2v) is 5.13. The van der Waals surface area contributed by atoms with Crippen LogP contribution in [0.15, 0.2) is 65.6 Å². The topological polar surface area (TPSA) is 43.4 Å². The van der Waals surface area contributed by atoms with Gasteiger partial charge >= 0.3 is 5.97 Å². The molecule has 4 heteroatoms. The second kappa shape index (κ2) is 7.50. The van der Waals surface area contributed by atoms with Gasteiger partial charge < -0.3 is 4.74 Å². The number of hydrogen-bond acceptors (Lipinski definition) is 4. The zero-order valence-corrected chi connectivity index (χ0v) is 11.6. The predicted octanol–water partition coefficient (Wildman–Crippen LogP) is 3.20. The quantitative estimate of drug-likeness (QED) is 0.604. The van der Waals surface area contributed by atoms with Gasteiger partial charge in [0.25, 0.3) is 0 Å². The van der Waals surface area contributed by atoms with Crippen molar-refractivity contribution in [2.75, 3.05) is 12.4 Å². The molecule has 0 amide bonds. The van der Waals surface area contributed by atoms with E-state index in [0.29, 0.717) is 11.3 Å². The summed E-state index contributed by atoms with van der Waals surface area (Å²) in [4.78, 5) is 24.3. The molecule has 0 saturated heterocycles. The third-order valence-electron chi connectivity index (χ3n) is 2.52. The number of rotatable bonds is 6. The molecular weight excluding hydrogens is 272 g/mol. The van der Waals surface area contributed by atoms with Gasteiger partial charge in [0.2, 0.25) is 0 Å². The number of benzene rings is 2. The first-order valence-electron chi connectivity index (χ1n) is 6.17. The van der Waals surface area contributed by atoms with Crippen molar-refractivity contribution in [2.45, 2.75) is 4.90 Å². The summed E-state index contributed by atoms with van der Waals surface area (Å²) in [6, 6.07) is 18.3. The Morgan fingerprint density at radius 1 is 0.900 bits per heavy atom. The van der Waals surface area contributed by atoms with Crippen molar-refractivity contribution >= 4 is 23.5 Å². The van der Waals surface area contributed by atoms with Gasteiger partial charge in [-0.25, -0.2) is 4.79 Å². The third-order valence-corrected chi connectivity index (χ3v) is 3.59. The van der Waals surface area contributed by atoms with Crippen LogP contribution in [0.25, 0.3) is 0 Å². The Kier molecular flexibility index (Phi) is 5.38. The predicted molar refractivity (Wildman–Crippen MR) is 78.9 cm³/mol. The van der Waals surface area contributed by atoms with Crippen LogP contribution in [0.5, 0.6) is 0 Å². The van der Waals surface area contributed by atoms with Gasteiger partial charge in [0.15, 0.2) is 12.4 Å². The molecule has 0 spiro atoms. The maximum Gasteiger partial charge on any atom is 0.338 e. The molecule has 0 bridgehead atoms. The van der Waals surface area contributed by atoms with E-state index in [2.05, 4.69) is 0 Å². The van der Waals surface area contributed by atoms with Crippen molar-refractivity contribution in [1.29, 1.82) is 0 Å². The highest BCUT2D eigenvalue weighted by atomic mass is 32.2. The fourth-order valence-electron chi connectivity index (χ4n) is 1.53. The fourth-order valence-corrected chi connectivity index (χ4v) is 2.29. The van der Waals surface area contributed by atoms with Gasteiger partial charge in [0.1, 0.15) is 0 Å². The van der Waals surface area contributed by atoms with Crippen molar-refractivity contribution in [3.8, 4) is 0 Å². The first kappa shape index (κ1) is 14.3. The van der Waals surface area contributed by atoms with Gasteiger partial charge in [-0.2, -0.15) is 0 Å². The smallest absolute Gasteiger partial charge is 0.338 e. The van der Waals surface area contributed by atoms with Crippen LogP contribution >= 0.6 is 11.8 Å². The van der Waals surface area contributed by atoms with Crippen LogP contribution < -0.4 is 0 Å². The molecule has 2 aromatic rings. The van der Waals surface area contributed by atoms with Gasteiger partial charge in [-0.3, -0.25) is 4.79 Å². The Labute approximate surface area is 122 Å². The Hall–Kier alpha value is -2.07. The van der Waals surface area contributed by atoms with Gasteiger partial charge in [0.05, 0.1) is 11.3 Å². The zero-order valence-electron chi connectivity index (χ0n) is 10.8. The minimum absolute atomic E-state index is 0.108. The molecule has 0 aliphatic heterocycles. The number of Topliss-reactive ketones (excluding diaryl/α,β-unsaturated/α-hetero) is 1. The molecule has 0 saturated carbocycles. The van der Waals surface area contributed by atoms with E-state index in [1.54, 1.807) is 24.3 Å². The molecule has 0 heterocycles. The van der Waals surface area contributed by atoms with E-state index in [9.17, 15) is 9.59 Å². The molecule has 2 aromatic carbocycles. The van der Waals surface area contributed by atoms with Crippen molar-refractivity contribution in [3.63, 3.8) is 0 Å². The van der Waals surface area contributed by atoms with E-state index in [0.717, 1.165) is 4.90 Å². The molecule has 2 rings (SSSR count). The lowest BCUT2D eigenvalue weighted by Gasteiger charge is -2.04. The van der Waals surface area contributed by atoms with Gasteiger partial charge in [-0.15, -0.1) is 11.8 Å². The minimum atomic E-state index is -0.469. The molecular formula is C16H14O3S. The number of carbonyl (C=O) groups excluding carboxylic acids is 2. The Morgan fingerprint density at radius 2 is 1.50 bits per heavy atom. The van der Waals surface area contributed by atoms with Gasteiger partial charge in [0, 0.05) is 4.90 Å². The maximum absolute atomic E-state index is 11.7. The molecule has 3 nitrogen and oxygen atoms in total. The summed E-state index contributed by atoms with van der Waals surface area (Å²) in [6.07, 6.45) is 0. The van der Waals surface area contributed by atoms with E-state index in [1.165, 1.54) is 11.8 Å². The highest BCUT2D eigenvalue weighted by Crippen LogP contribution is 2.16. The van der Waals surface area contributed by atoms with E-state index >= 15 is 0 Å². The highest BCUT2D eigenvalue weighted by molar-refractivity contribution is 8.00. The molecule has 102 valence electrons. The van der Waals surface area contributed by atoms with Gasteiger partial charge in [-0.1, -0.05) is 36.4 Å². The molecule has 0 aliphatic carbocycles. The number of ether oxygens (including phenoxy) is 1. The molecule has 0 aromatic heterocycles. The average molecular weight is 286 g/mol. The fraction of sp³-hybridized carbons (Fsp3) is 0.125. The van der Waals surface area contributed by atoms with Crippen LogP contribution in [0.3, 0.4) is 0 Å². The number of thioether (sulfide) groups is 1. The normalized spacial score (nSPS) is 10.0. The van der Waals surface area contributed by atoms with Crippen LogP contribution in [0.4, 0.5) is 0 Å². The van der Waals surface area contributed by atoms with Crippen LogP contribution in [-0.4, -0.2) is 24.1 Å². The summed E-state index contributed by atoms with van der Waals surface area (Å²) < 4.78 is 4.98. The molecule has 0 fully saturated rings. The van der Waals surface area contributed by atoms with E-state index < -0.39 is 5.97 Å². The Morgan fingerprint density at radius 3 is 2.15 bits per heavy atom. The zero-order chi connectivity index (χ0) is 14.2. The largest absolute Gasteiger partial charge is 0.454 e. The lowest BCUT2D eigenvalue weighted by molar-refractivity contribution is -0.119. The van der Waals surface area contributed by atoms with Crippen LogP contribution in [0.1, 0.15) is 10.4 Å². The number of ketones is 1. The summed E-state index contributed by atoms with van der Waals surface area (Å²) in [5, 5.41) is 0. The Bertz CT molecular complexity index is 567. The monoisotopic (exact) mass is 286 g/mol. The first-order chi connectivity index (χ1) is 9.75. The van der Waals surface area contributed by atoms with Crippen molar-refractivity contribution in [3.05, 3.63) is 66.2 Å². The average Bonchev–Trinajstić information content (AvgIpc) is 2.52. The van der Waals surface area contributed by atoms with Crippen LogP contribution in [0.2, 0.25) is 0 Å². The summed E-state index contributed by atoms with van der Waals surface area (Å²) in [5.74, 6) is -0.279. The maximum atomic E-state index is 11.7. The lowest BCUT2D eigenvalue weighted by Crippen LogP contribution is -2.15. The second-order valence-electron chi connectivity index (χ2n) is 4.08. The molecule has 0 N–H and O–H groups in total. The van der Waals surface area contributed by atoms with Crippen LogP contribution in [-0.2, 0) is 9.53 Å². The van der Waals surface area contributed by atoms with Crippen molar-refractivity contribution < 1.29 is 14.3 Å². The van der Waals surface area contributed by atoms with E-state index in [4.69, 9.17) is 4.74 Å². The third kappa shape index (κ3) is 4.55. The van der Waals surface area contributed by atoms with Crippen LogP contribution in [0, 0.1) is 0 Å². The summed E-state index contributed by atoms with van der Waals surface area (Å²) in [5.41, 5.74) is 0.455. The number of esters is 1. The molecule has 0 atom stereocenters. The molecule has 0 unspecified atom stereocenters. The van der Waals surface area contributed by atoms with Crippen molar-refractivity contribution in [2.24, 2.45) is 0 Å². The standard InChI is InChI=1S/C16H14O3S/c17-14(12-20-15-9-5-2-6-10-15)11-19-16(18)13-7-3-1-4-8-13/h1-10H,11-12H2. The lowest BCUT2D eigenvalue weighted by atomic mass is 10.2. The molecule has 0 radical (unpaired) electrons. The summed E-state index contributed by atoms with van der Waals surface area (Å²) in [7, 11) is 0. The summed E-state index contributed by atoms with van der Waals surface area (Å²) in [6.45, 7) is -0.187. The van der Waals surface area contributed by atoms with E-state index in [-0.39, 0.29) is 12.4 Å². The first-order valence-corrected chi connectivity index (χ1v) is 7.16. The summed E-state index contributed by atoms with van der Waals surface area (Å²) >= 11 is 1.44. The van der Waals surface area contributed by atoms with E-state index in [1.807, 2.05) is 36.4 Å². The van der Waals surface area contributed by atoms with Gasteiger partial charge in [-0.05, 0) is 24.3 Å². The highest BCUT2D eigenvalue weighted by Gasteiger charge is 2.09. The number of carbonyl (C=O) groups is 2. The molecule has 20 heavy (non-hydrogen) atoms. The number of hydrogen-bond donors (Lipinski definition) is 0. The SMILES string of the molecule is O=C(COC(=O)c1ccccc1)CSc1ccccc1. The Balaban J connectivity index is 1.74. The minimum Gasteiger partial charge on any atom is -0.454 e. The van der Waals surface area contributed by atoms with Crippen molar-refractivity contribution in [1.82, 2.24) is 0 Å².